The molecule has 0 bridgehead atoms. The van der Waals surface area contributed by atoms with E-state index < -0.39 is 0 Å². The number of nitrogens with zero attached hydrogens (tertiary/aromatic N) is 1. The molecule has 2 aliphatic heterocycles. The molecule has 1 amide bonds. The summed E-state index contributed by atoms with van der Waals surface area (Å²) in [6.07, 6.45) is 3.71. The lowest BCUT2D eigenvalue weighted by Gasteiger charge is -2.40. The topological polar surface area (TPSA) is 49.4 Å². The minimum absolute atomic E-state index is 0.0995. The Hall–Kier alpha value is -0.900. The first-order chi connectivity index (χ1) is 7.20. The number of carbonyl (C=O) groups excluding carboxylic acids is 2. The van der Waals surface area contributed by atoms with Crippen LogP contribution in [0.3, 0.4) is 0 Å². The van der Waals surface area contributed by atoms with Crippen LogP contribution >= 0.6 is 0 Å². The van der Waals surface area contributed by atoms with Gasteiger partial charge in [0, 0.05) is 25.6 Å². The van der Waals surface area contributed by atoms with Gasteiger partial charge < -0.3 is 10.2 Å². The number of ketones is 1. The first kappa shape index (κ1) is 10.6. The van der Waals surface area contributed by atoms with Crippen LogP contribution in [0.2, 0.25) is 0 Å². The molecule has 84 valence electrons. The standard InChI is InChI=1S/C11H18N2O2/c1-8(14)10-7-12-6-9-4-2-3-5-11(15)13(9)10/h9-10,12H,2-7H2,1H3. The summed E-state index contributed by atoms with van der Waals surface area (Å²) < 4.78 is 0. The van der Waals surface area contributed by atoms with Crippen molar-refractivity contribution in [2.75, 3.05) is 13.1 Å². The number of hydrogen-bond acceptors (Lipinski definition) is 3. The second-order valence-corrected chi connectivity index (χ2v) is 4.49. The fourth-order valence-electron chi connectivity index (χ4n) is 2.58. The molecule has 0 aromatic carbocycles. The Kier molecular flexibility index (Phi) is 3.05. The third-order valence-corrected chi connectivity index (χ3v) is 3.38. The summed E-state index contributed by atoms with van der Waals surface area (Å²) in [5.74, 6) is 0.265. The molecule has 0 radical (unpaired) electrons. The van der Waals surface area contributed by atoms with Crippen molar-refractivity contribution in [1.29, 1.82) is 0 Å². The zero-order valence-corrected chi connectivity index (χ0v) is 9.16. The van der Waals surface area contributed by atoms with Crippen LogP contribution < -0.4 is 5.32 Å². The molecule has 2 fully saturated rings. The summed E-state index contributed by atoms with van der Waals surface area (Å²) in [6.45, 7) is 3.04. The lowest BCUT2D eigenvalue weighted by molar-refractivity contribution is -0.142. The average molecular weight is 210 g/mol. The second kappa shape index (κ2) is 4.31. The van der Waals surface area contributed by atoms with Crippen LogP contribution in [0.25, 0.3) is 0 Å². The van der Waals surface area contributed by atoms with Crippen molar-refractivity contribution in [2.45, 2.75) is 44.7 Å². The fourth-order valence-corrected chi connectivity index (χ4v) is 2.58. The predicted molar refractivity (Wildman–Crippen MR) is 56.4 cm³/mol. The molecule has 15 heavy (non-hydrogen) atoms. The summed E-state index contributed by atoms with van der Waals surface area (Å²) >= 11 is 0. The van der Waals surface area contributed by atoms with E-state index in [0.29, 0.717) is 13.0 Å². The molecule has 2 heterocycles. The van der Waals surface area contributed by atoms with Gasteiger partial charge in [-0.2, -0.15) is 0 Å². The van der Waals surface area contributed by atoms with Gasteiger partial charge in [-0.25, -0.2) is 0 Å². The quantitative estimate of drug-likeness (QED) is 0.678. The van der Waals surface area contributed by atoms with Crippen LogP contribution in [0, 0.1) is 0 Å². The van der Waals surface area contributed by atoms with Crippen LogP contribution in [0.4, 0.5) is 0 Å². The van der Waals surface area contributed by atoms with Gasteiger partial charge in [-0.1, -0.05) is 6.42 Å². The highest BCUT2D eigenvalue weighted by Crippen LogP contribution is 2.22. The Morgan fingerprint density at radius 2 is 2.20 bits per heavy atom. The molecule has 0 aromatic heterocycles. The summed E-state index contributed by atoms with van der Waals surface area (Å²) in [6, 6.07) is 0.0111. The smallest absolute Gasteiger partial charge is 0.223 e. The van der Waals surface area contributed by atoms with Crippen molar-refractivity contribution in [3.8, 4) is 0 Å². The van der Waals surface area contributed by atoms with E-state index in [1.807, 2.05) is 4.90 Å². The number of fused-ring (bicyclic) bond motifs is 1. The van der Waals surface area contributed by atoms with Crippen LogP contribution in [-0.4, -0.2) is 41.8 Å². The SMILES string of the molecule is CC(=O)C1CNCC2CCCCC(=O)N21. The maximum atomic E-state index is 11.9. The summed E-state index contributed by atoms with van der Waals surface area (Å²) in [5.41, 5.74) is 0. The summed E-state index contributed by atoms with van der Waals surface area (Å²) in [5, 5.41) is 3.25. The lowest BCUT2D eigenvalue weighted by atomic mass is 10.0. The van der Waals surface area contributed by atoms with Crippen molar-refractivity contribution < 1.29 is 9.59 Å². The summed E-state index contributed by atoms with van der Waals surface area (Å²) in [4.78, 5) is 25.2. The highest BCUT2D eigenvalue weighted by molar-refractivity contribution is 5.88. The van der Waals surface area contributed by atoms with Crippen molar-refractivity contribution in [1.82, 2.24) is 10.2 Å². The van der Waals surface area contributed by atoms with Crippen LogP contribution in [0.5, 0.6) is 0 Å². The van der Waals surface area contributed by atoms with E-state index in [0.717, 1.165) is 25.8 Å². The van der Waals surface area contributed by atoms with Crippen molar-refractivity contribution >= 4 is 11.7 Å². The lowest BCUT2D eigenvalue weighted by Crippen LogP contribution is -2.61. The Morgan fingerprint density at radius 1 is 1.40 bits per heavy atom. The van der Waals surface area contributed by atoms with Crippen LogP contribution in [-0.2, 0) is 9.59 Å². The molecule has 2 atom stereocenters. The zero-order chi connectivity index (χ0) is 10.8. The summed E-state index contributed by atoms with van der Waals surface area (Å²) in [7, 11) is 0. The van der Waals surface area contributed by atoms with Crippen molar-refractivity contribution in [3.63, 3.8) is 0 Å². The normalized spacial score (nSPS) is 32.1. The first-order valence-corrected chi connectivity index (χ1v) is 5.72. The van der Waals surface area contributed by atoms with E-state index in [1.54, 1.807) is 6.92 Å². The van der Waals surface area contributed by atoms with Crippen molar-refractivity contribution in [2.24, 2.45) is 0 Å². The van der Waals surface area contributed by atoms with Gasteiger partial charge in [0.15, 0.2) is 5.78 Å². The van der Waals surface area contributed by atoms with Gasteiger partial charge in [-0.3, -0.25) is 9.59 Å². The molecule has 2 unspecified atom stereocenters. The molecule has 0 aliphatic carbocycles. The molecular weight excluding hydrogens is 192 g/mol. The van der Waals surface area contributed by atoms with Gasteiger partial charge in [0.05, 0.1) is 0 Å². The Labute approximate surface area is 90.0 Å². The molecule has 4 nitrogen and oxygen atoms in total. The van der Waals surface area contributed by atoms with Gasteiger partial charge in [0.2, 0.25) is 5.91 Å². The number of nitrogens with one attached hydrogen (secondary N) is 1. The Balaban J connectivity index is 2.20. The second-order valence-electron chi connectivity index (χ2n) is 4.49. The largest absolute Gasteiger partial charge is 0.327 e. The number of Topliss-reactive ketones (excluding diaryl/α,β-unsaturated/α-hetero) is 1. The molecule has 0 saturated carbocycles. The number of piperazine rings is 1. The molecule has 0 aromatic rings. The van der Waals surface area contributed by atoms with E-state index in [9.17, 15) is 9.59 Å². The van der Waals surface area contributed by atoms with E-state index in [-0.39, 0.29) is 23.8 Å². The number of carbonyl (C=O) groups is 2. The van der Waals surface area contributed by atoms with Crippen molar-refractivity contribution in [3.05, 3.63) is 0 Å². The maximum absolute atomic E-state index is 11.9. The fraction of sp³-hybridized carbons (Fsp3) is 0.818. The Morgan fingerprint density at radius 3 is 2.93 bits per heavy atom. The van der Waals surface area contributed by atoms with Gasteiger partial charge in [0.1, 0.15) is 6.04 Å². The van der Waals surface area contributed by atoms with E-state index in [2.05, 4.69) is 5.32 Å². The van der Waals surface area contributed by atoms with E-state index in [4.69, 9.17) is 0 Å². The number of amides is 1. The number of hydrogen-bond donors (Lipinski definition) is 1. The van der Waals surface area contributed by atoms with Gasteiger partial charge in [-0.05, 0) is 19.8 Å². The molecule has 2 rings (SSSR count). The molecule has 4 heteroatoms. The van der Waals surface area contributed by atoms with Crippen LogP contribution in [0.1, 0.15) is 32.6 Å². The van der Waals surface area contributed by atoms with Gasteiger partial charge in [-0.15, -0.1) is 0 Å². The van der Waals surface area contributed by atoms with Gasteiger partial charge in [0.25, 0.3) is 0 Å². The van der Waals surface area contributed by atoms with Gasteiger partial charge >= 0.3 is 0 Å². The molecule has 0 spiro atoms. The molecule has 1 N–H and O–H groups in total. The molecule has 2 aliphatic rings. The number of rotatable bonds is 1. The van der Waals surface area contributed by atoms with E-state index >= 15 is 0 Å². The van der Waals surface area contributed by atoms with E-state index in [1.165, 1.54) is 0 Å². The average Bonchev–Trinajstić information content (AvgIpc) is 2.40. The third-order valence-electron chi connectivity index (χ3n) is 3.38. The zero-order valence-electron chi connectivity index (χ0n) is 9.16. The van der Waals surface area contributed by atoms with Crippen LogP contribution in [0.15, 0.2) is 0 Å². The molecular formula is C11H18N2O2. The highest BCUT2D eigenvalue weighted by Gasteiger charge is 2.36. The highest BCUT2D eigenvalue weighted by atomic mass is 16.2. The molecule has 2 saturated heterocycles. The minimum atomic E-state index is -0.227. The maximum Gasteiger partial charge on any atom is 0.223 e. The predicted octanol–water partition coefficient (Wildman–Crippen LogP) is 0.318. The minimum Gasteiger partial charge on any atom is -0.327 e. The third kappa shape index (κ3) is 2.04. The monoisotopic (exact) mass is 210 g/mol. The Bertz CT molecular complexity index is 278. The first-order valence-electron chi connectivity index (χ1n) is 5.72.